The number of rotatable bonds is 3. The van der Waals surface area contributed by atoms with Crippen molar-refractivity contribution in [2.24, 2.45) is 0 Å². The summed E-state index contributed by atoms with van der Waals surface area (Å²) in [6, 6.07) is -0.0898. The van der Waals surface area contributed by atoms with Crippen molar-refractivity contribution in [3.05, 3.63) is 11.1 Å². The van der Waals surface area contributed by atoms with E-state index in [0.717, 1.165) is 18.8 Å². The van der Waals surface area contributed by atoms with Gasteiger partial charge in [0.05, 0.1) is 12.3 Å². The van der Waals surface area contributed by atoms with Gasteiger partial charge in [-0.05, 0) is 6.92 Å². The van der Waals surface area contributed by atoms with Gasteiger partial charge in [-0.25, -0.2) is 9.78 Å². The van der Waals surface area contributed by atoms with Gasteiger partial charge in [0.1, 0.15) is 0 Å². The molecule has 0 saturated carbocycles. The van der Waals surface area contributed by atoms with Crippen LogP contribution in [0.25, 0.3) is 0 Å². The molecular weight excluding hydrogens is 252 g/mol. The topological polar surface area (TPSA) is 68.7 Å². The van der Waals surface area contributed by atoms with Gasteiger partial charge in [0, 0.05) is 38.1 Å². The Kier molecular flexibility index (Phi) is 4.51. The molecule has 2 amide bonds. The number of nitrogens with zero attached hydrogens (tertiary/aromatic N) is 3. The number of amides is 2. The van der Waals surface area contributed by atoms with E-state index in [-0.39, 0.29) is 12.6 Å². The van der Waals surface area contributed by atoms with Gasteiger partial charge in [-0.2, -0.15) is 0 Å². The van der Waals surface area contributed by atoms with Crippen molar-refractivity contribution in [2.45, 2.75) is 6.92 Å². The molecule has 7 heteroatoms. The molecule has 1 aliphatic heterocycles. The SMILES string of the molecule is Cc1csc(NC(=O)N2CCN(CCO)CC2)n1. The molecule has 2 N–H and O–H groups in total. The van der Waals surface area contributed by atoms with Crippen LogP contribution in [0.2, 0.25) is 0 Å². The fraction of sp³-hybridized carbons (Fsp3) is 0.636. The predicted molar refractivity (Wildman–Crippen MR) is 71.0 cm³/mol. The highest BCUT2D eigenvalue weighted by molar-refractivity contribution is 7.13. The molecule has 0 aromatic carbocycles. The van der Waals surface area contributed by atoms with E-state index in [1.165, 1.54) is 11.3 Å². The first-order valence-electron chi connectivity index (χ1n) is 6.00. The van der Waals surface area contributed by atoms with E-state index in [1.807, 2.05) is 12.3 Å². The van der Waals surface area contributed by atoms with Crippen molar-refractivity contribution in [3.63, 3.8) is 0 Å². The molecule has 1 aromatic rings. The molecule has 1 aromatic heterocycles. The van der Waals surface area contributed by atoms with Crippen molar-refractivity contribution in [2.75, 3.05) is 44.6 Å². The summed E-state index contributed by atoms with van der Waals surface area (Å²) in [6.45, 7) is 5.76. The number of carbonyl (C=O) groups is 1. The second kappa shape index (κ2) is 6.12. The first-order chi connectivity index (χ1) is 8.69. The number of β-amino-alcohol motifs (C(OH)–C–C–N with tert-alkyl or cyclic N) is 1. The molecular formula is C11H18N4O2S. The minimum absolute atomic E-state index is 0.0898. The number of piperazine rings is 1. The molecule has 0 unspecified atom stereocenters. The zero-order valence-electron chi connectivity index (χ0n) is 10.4. The van der Waals surface area contributed by atoms with Gasteiger partial charge >= 0.3 is 6.03 Å². The van der Waals surface area contributed by atoms with Gasteiger partial charge in [-0.3, -0.25) is 10.2 Å². The third kappa shape index (κ3) is 3.41. The number of thiazole rings is 1. The quantitative estimate of drug-likeness (QED) is 0.843. The number of nitrogens with one attached hydrogen (secondary N) is 1. The monoisotopic (exact) mass is 270 g/mol. The molecule has 0 radical (unpaired) electrons. The summed E-state index contributed by atoms with van der Waals surface area (Å²) in [6.07, 6.45) is 0. The summed E-state index contributed by atoms with van der Waals surface area (Å²) in [5.41, 5.74) is 0.920. The Morgan fingerprint density at radius 3 is 2.78 bits per heavy atom. The minimum atomic E-state index is -0.0898. The first-order valence-corrected chi connectivity index (χ1v) is 6.88. The van der Waals surface area contributed by atoms with Gasteiger partial charge < -0.3 is 10.0 Å². The molecule has 0 aliphatic carbocycles. The van der Waals surface area contributed by atoms with Gasteiger partial charge in [-0.1, -0.05) is 0 Å². The largest absolute Gasteiger partial charge is 0.395 e. The van der Waals surface area contributed by atoms with Gasteiger partial charge in [0.15, 0.2) is 5.13 Å². The summed E-state index contributed by atoms with van der Waals surface area (Å²) in [5, 5.41) is 14.2. The van der Waals surface area contributed by atoms with Crippen molar-refractivity contribution in [1.29, 1.82) is 0 Å². The summed E-state index contributed by atoms with van der Waals surface area (Å²) in [5.74, 6) is 0. The summed E-state index contributed by atoms with van der Waals surface area (Å²) in [4.78, 5) is 20.1. The number of anilines is 1. The maximum atomic E-state index is 12.0. The van der Waals surface area contributed by atoms with Crippen LogP contribution < -0.4 is 5.32 Å². The Morgan fingerprint density at radius 1 is 1.50 bits per heavy atom. The van der Waals surface area contributed by atoms with Crippen LogP contribution in [0, 0.1) is 6.92 Å². The second-order valence-electron chi connectivity index (χ2n) is 4.28. The molecule has 0 bridgehead atoms. The molecule has 1 saturated heterocycles. The second-order valence-corrected chi connectivity index (χ2v) is 5.13. The van der Waals surface area contributed by atoms with E-state index < -0.39 is 0 Å². The molecule has 2 rings (SSSR count). The number of aliphatic hydroxyl groups is 1. The Bertz CT molecular complexity index is 402. The maximum absolute atomic E-state index is 12.0. The molecule has 18 heavy (non-hydrogen) atoms. The van der Waals surface area contributed by atoms with Gasteiger partial charge in [0.2, 0.25) is 0 Å². The third-order valence-corrected chi connectivity index (χ3v) is 3.78. The lowest BCUT2D eigenvalue weighted by atomic mass is 10.3. The zero-order valence-corrected chi connectivity index (χ0v) is 11.2. The highest BCUT2D eigenvalue weighted by atomic mass is 32.1. The van der Waals surface area contributed by atoms with Crippen LogP contribution in [0.3, 0.4) is 0 Å². The molecule has 100 valence electrons. The average Bonchev–Trinajstić information content (AvgIpc) is 2.76. The average molecular weight is 270 g/mol. The number of carbonyl (C=O) groups excluding carboxylic acids is 1. The van der Waals surface area contributed by atoms with Crippen LogP contribution in [0.5, 0.6) is 0 Å². The van der Waals surface area contributed by atoms with Crippen molar-refractivity contribution < 1.29 is 9.90 Å². The summed E-state index contributed by atoms with van der Waals surface area (Å²) < 4.78 is 0. The smallest absolute Gasteiger partial charge is 0.323 e. The van der Waals surface area contributed by atoms with Crippen molar-refractivity contribution >= 4 is 22.5 Å². The zero-order chi connectivity index (χ0) is 13.0. The van der Waals surface area contributed by atoms with Crippen LogP contribution in [0.1, 0.15) is 5.69 Å². The molecule has 1 aliphatic rings. The molecule has 6 nitrogen and oxygen atoms in total. The van der Waals surface area contributed by atoms with Crippen LogP contribution in [0.15, 0.2) is 5.38 Å². The predicted octanol–water partition coefficient (Wildman–Crippen LogP) is 0.593. The van der Waals surface area contributed by atoms with E-state index in [9.17, 15) is 4.79 Å². The number of aliphatic hydroxyl groups excluding tert-OH is 1. The molecule has 0 atom stereocenters. The Morgan fingerprint density at radius 2 is 2.22 bits per heavy atom. The van der Waals surface area contributed by atoms with Crippen LogP contribution in [-0.4, -0.2) is 65.3 Å². The van der Waals surface area contributed by atoms with Crippen LogP contribution in [-0.2, 0) is 0 Å². The fourth-order valence-corrected chi connectivity index (χ4v) is 2.58. The normalized spacial score (nSPS) is 16.9. The standard InChI is InChI=1S/C11H18N4O2S/c1-9-8-18-10(12-9)13-11(17)15-4-2-14(3-5-15)6-7-16/h8,16H,2-7H2,1H3,(H,12,13,17). The number of urea groups is 1. The molecule has 1 fully saturated rings. The molecule has 0 spiro atoms. The van der Waals surface area contributed by atoms with E-state index in [2.05, 4.69) is 15.2 Å². The van der Waals surface area contributed by atoms with Crippen molar-refractivity contribution in [1.82, 2.24) is 14.8 Å². The Balaban J connectivity index is 1.80. The van der Waals surface area contributed by atoms with E-state index in [0.29, 0.717) is 24.8 Å². The van der Waals surface area contributed by atoms with E-state index >= 15 is 0 Å². The maximum Gasteiger partial charge on any atom is 0.323 e. The summed E-state index contributed by atoms with van der Waals surface area (Å²) >= 11 is 1.44. The lowest BCUT2D eigenvalue weighted by Gasteiger charge is -2.34. The highest BCUT2D eigenvalue weighted by Gasteiger charge is 2.21. The Hall–Kier alpha value is -1.18. The fourth-order valence-electron chi connectivity index (χ4n) is 1.90. The number of hydrogen-bond acceptors (Lipinski definition) is 5. The highest BCUT2D eigenvalue weighted by Crippen LogP contribution is 2.15. The van der Waals surface area contributed by atoms with Crippen LogP contribution >= 0.6 is 11.3 Å². The van der Waals surface area contributed by atoms with Crippen molar-refractivity contribution in [3.8, 4) is 0 Å². The third-order valence-electron chi connectivity index (χ3n) is 2.91. The van der Waals surface area contributed by atoms with E-state index in [4.69, 9.17) is 5.11 Å². The minimum Gasteiger partial charge on any atom is -0.395 e. The molecule has 2 heterocycles. The van der Waals surface area contributed by atoms with Gasteiger partial charge in [0.25, 0.3) is 0 Å². The first kappa shape index (κ1) is 13.3. The van der Waals surface area contributed by atoms with E-state index in [1.54, 1.807) is 4.90 Å². The number of hydrogen-bond donors (Lipinski definition) is 2. The lowest BCUT2D eigenvalue weighted by Crippen LogP contribution is -2.50. The van der Waals surface area contributed by atoms with Crippen LogP contribution in [0.4, 0.5) is 9.93 Å². The number of aromatic nitrogens is 1. The van der Waals surface area contributed by atoms with Gasteiger partial charge in [-0.15, -0.1) is 11.3 Å². The number of aryl methyl sites for hydroxylation is 1. The lowest BCUT2D eigenvalue weighted by molar-refractivity contribution is 0.127. The summed E-state index contributed by atoms with van der Waals surface area (Å²) in [7, 11) is 0. The Labute approximate surface area is 110 Å².